The number of carboxylic acids is 1. The van der Waals surface area contributed by atoms with E-state index in [9.17, 15) is 27.9 Å². The summed E-state index contributed by atoms with van der Waals surface area (Å²) in [5.41, 5.74) is 1.31. The van der Waals surface area contributed by atoms with E-state index in [1.54, 1.807) is 30.3 Å². The molecular weight excluding hydrogens is 401 g/mol. The summed E-state index contributed by atoms with van der Waals surface area (Å²) in [7, 11) is 1.40. The van der Waals surface area contributed by atoms with Crippen LogP contribution < -0.4 is 4.74 Å². The van der Waals surface area contributed by atoms with E-state index >= 15 is 0 Å². The Kier molecular flexibility index (Phi) is 5.82. The number of alkyl halides is 3. The quantitative estimate of drug-likeness (QED) is 0.580. The molecule has 2 aromatic heterocycles. The van der Waals surface area contributed by atoms with Gasteiger partial charge in [-0.25, -0.2) is 9.78 Å². The maximum Gasteiger partial charge on any atom is 0.422 e. The van der Waals surface area contributed by atoms with Crippen LogP contribution >= 0.6 is 0 Å². The number of carbonyl (C=O) groups excluding carboxylic acids is 1. The van der Waals surface area contributed by atoms with Crippen molar-refractivity contribution in [2.45, 2.75) is 25.9 Å². The fourth-order valence-electron chi connectivity index (χ4n) is 3.29. The molecule has 6 nitrogen and oxygen atoms in total. The van der Waals surface area contributed by atoms with E-state index in [1.807, 2.05) is 6.92 Å². The second-order valence-electron chi connectivity index (χ2n) is 6.73. The molecule has 3 rings (SSSR count). The summed E-state index contributed by atoms with van der Waals surface area (Å²) >= 11 is 0. The van der Waals surface area contributed by atoms with Gasteiger partial charge in [0.1, 0.15) is 5.65 Å². The number of pyridine rings is 1. The van der Waals surface area contributed by atoms with Crippen molar-refractivity contribution < 1.29 is 32.6 Å². The third-order valence-corrected chi connectivity index (χ3v) is 4.65. The molecule has 0 saturated heterocycles. The van der Waals surface area contributed by atoms with Crippen molar-refractivity contribution in [2.24, 2.45) is 7.05 Å². The van der Waals surface area contributed by atoms with Gasteiger partial charge in [-0.1, -0.05) is 37.3 Å². The summed E-state index contributed by atoms with van der Waals surface area (Å²) in [6.07, 6.45) is -4.20. The van der Waals surface area contributed by atoms with E-state index < -0.39 is 30.2 Å². The SMILES string of the molecule is CCc1nc2c(cc1CC(=O)c1ccccc1)c(OCC(F)(F)F)c(C(=O)O)n2C. The fourth-order valence-corrected chi connectivity index (χ4v) is 3.29. The van der Waals surface area contributed by atoms with E-state index in [4.69, 9.17) is 4.74 Å². The van der Waals surface area contributed by atoms with Crippen molar-refractivity contribution in [2.75, 3.05) is 6.61 Å². The van der Waals surface area contributed by atoms with Crippen LogP contribution in [0.15, 0.2) is 36.4 Å². The zero-order valence-corrected chi connectivity index (χ0v) is 16.3. The molecule has 0 spiro atoms. The number of hydrogen-bond acceptors (Lipinski definition) is 4. The lowest BCUT2D eigenvalue weighted by molar-refractivity contribution is -0.153. The van der Waals surface area contributed by atoms with Gasteiger partial charge in [0, 0.05) is 24.7 Å². The van der Waals surface area contributed by atoms with Crippen LogP contribution in [0.1, 0.15) is 39.0 Å². The summed E-state index contributed by atoms with van der Waals surface area (Å²) < 4.78 is 44.1. The molecular formula is C21H19F3N2O4. The van der Waals surface area contributed by atoms with Gasteiger partial charge in [-0.2, -0.15) is 13.2 Å². The second-order valence-corrected chi connectivity index (χ2v) is 6.73. The second kappa shape index (κ2) is 8.17. The molecule has 1 aromatic carbocycles. The van der Waals surface area contributed by atoms with Gasteiger partial charge in [-0.15, -0.1) is 0 Å². The zero-order valence-electron chi connectivity index (χ0n) is 16.3. The Bertz CT molecular complexity index is 1110. The highest BCUT2D eigenvalue weighted by Gasteiger charge is 2.32. The van der Waals surface area contributed by atoms with Crippen LogP contribution in [-0.2, 0) is 19.9 Å². The number of hydrogen-bond donors (Lipinski definition) is 1. The van der Waals surface area contributed by atoms with Crippen molar-refractivity contribution in [3.63, 3.8) is 0 Å². The van der Waals surface area contributed by atoms with Gasteiger partial charge >= 0.3 is 12.1 Å². The van der Waals surface area contributed by atoms with Crippen molar-refractivity contribution in [1.82, 2.24) is 9.55 Å². The maximum absolute atomic E-state index is 12.7. The number of ether oxygens (including phenoxy) is 1. The Hall–Kier alpha value is -3.36. The lowest BCUT2D eigenvalue weighted by Crippen LogP contribution is -2.20. The Morgan fingerprint density at radius 3 is 2.43 bits per heavy atom. The van der Waals surface area contributed by atoms with E-state index in [0.29, 0.717) is 23.2 Å². The number of aromatic nitrogens is 2. The predicted molar refractivity (Wildman–Crippen MR) is 103 cm³/mol. The number of nitrogens with zero attached hydrogens (tertiary/aromatic N) is 2. The molecule has 9 heteroatoms. The van der Waals surface area contributed by atoms with Gasteiger partial charge in [0.25, 0.3) is 0 Å². The Labute approximate surface area is 169 Å². The van der Waals surface area contributed by atoms with Crippen LogP contribution in [0.4, 0.5) is 13.2 Å². The molecule has 0 saturated carbocycles. The smallest absolute Gasteiger partial charge is 0.422 e. The number of aromatic carboxylic acids is 1. The first kappa shape index (κ1) is 21.4. The molecule has 0 aliphatic carbocycles. The number of carboxylic acid groups (broad SMARTS) is 1. The largest absolute Gasteiger partial charge is 0.481 e. The molecule has 3 aromatic rings. The summed E-state index contributed by atoms with van der Waals surface area (Å²) in [4.78, 5) is 28.7. The molecule has 0 amide bonds. The minimum Gasteiger partial charge on any atom is -0.481 e. The van der Waals surface area contributed by atoms with Crippen LogP contribution in [0.3, 0.4) is 0 Å². The van der Waals surface area contributed by atoms with E-state index in [1.165, 1.54) is 17.7 Å². The summed E-state index contributed by atoms with van der Waals surface area (Å²) in [6, 6.07) is 10.1. The van der Waals surface area contributed by atoms with Crippen LogP contribution in [0, 0.1) is 0 Å². The number of fused-ring (bicyclic) bond motifs is 1. The van der Waals surface area contributed by atoms with Gasteiger partial charge in [0.2, 0.25) is 0 Å². The lowest BCUT2D eigenvalue weighted by Gasteiger charge is -2.10. The van der Waals surface area contributed by atoms with Gasteiger partial charge in [0.05, 0.1) is 5.39 Å². The highest BCUT2D eigenvalue weighted by Crippen LogP contribution is 2.34. The monoisotopic (exact) mass is 420 g/mol. The first-order valence-electron chi connectivity index (χ1n) is 9.14. The molecule has 0 atom stereocenters. The molecule has 0 unspecified atom stereocenters. The van der Waals surface area contributed by atoms with Gasteiger partial charge in [-0.3, -0.25) is 4.79 Å². The standard InChI is InChI=1S/C21H19F3N2O4/c1-3-15-13(10-16(27)12-7-5-4-6-8-12)9-14-18(30-11-21(22,23)24)17(20(28)29)26(2)19(14)25-15/h4-9H,3,10-11H2,1-2H3,(H,28,29). The van der Waals surface area contributed by atoms with E-state index in [2.05, 4.69) is 4.98 Å². The molecule has 30 heavy (non-hydrogen) atoms. The Morgan fingerprint density at radius 1 is 1.20 bits per heavy atom. The number of Topliss-reactive ketones (excluding diaryl/α,β-unsaturated/α-hetero) is 1. The zero-order chi connectivity index (χ0) is 22.1. The molecule has 0 fully saturated rings. The Morgan fingerprint density at radius 2 is 1.87 bits per heavy atom. The van der Waals surface area contributed by atoms with Gasteiger partial charge in [-0.05, 0) is 18.1 Å². The van der Waals surface area contributed by atoms with Crippen LogP contribution in [0.5, 0.6) is 5.75 Å². The highest BCUT2D eigenvalue weighted by molar-refractivity contribution is 6.01. The van der Waals surface area contributed by atoms with Crippen LogP contribution in [0.2, 0.25) is 0 Å². The molecule has 158 valence electrons. The topological polar surface area (TPSA) is 81.4 Å². The first-order valence-corrected chi connectivity index (χ1v) is 9.14. The average molecular weight is 420 g/mol. The van der Waals surface area contributed by atoms with Crippen LogP contribution in [0.25, 0.3) is 11.0 Å². The predicted octanol–water partition coefficient (Wildman–Crippen LogP) is 4.20. The summed E-state index contributed by atoms with van der Waals surface area (Å²) in [6.45, 7) is 0.187. The summed E-state index contributed by atoms with van der Waals surface area (Å²) in [5, 5.41) is 9.62. The summed E-state index contributed by atoms with van der Waals surface area (Å²) in [5.74, 6) is -2.04. The number of aryl methyl sites for hydroxylation is 2. The molecule has 0 bridgehead atoms. The van der Waals surface area contributed by atoms with Crippen molar-refractivity contribution in [3.05, 3.63) is 58.9 Å². The van der Waals surface area contributed by atoms with Crippen LogP contribution in [-0.4, -0.2) is 39.2 Å². The van der Waals surface area contributed by atoms with Crippen molar-refractivity contribution >= 4 is 22.8 Å². The Balaban J connectivity index is 2.12. The molecule has 0 aliphatic heterocycles. The first-order chi connectivity index (χ1) is 14.1. The maximum atomic E-state index is 12.7. The molecule has 0 aliphatic rings. The third kappa shape index (κ3) is 4.29. The highest BCUT2D eigenvalue weighted by atomic mass is 19.4. The van der Waals surface area contributed by atoms with Crippen molar-refractivity contribution in [3.8, 4) is 5.75 Å². The third-order valence-electron chi connectivity index (χ3n) is 4.65. The number of carbonyl (C=O) groups is 2. The molecule has 0 radical (unpaired) electrons. The fraction of sp³-hybridized carbons (Fsp3) is 0.286. The number of rotatable bonds is 7. The van der Waals surface area contributed by atoms with E-state index in [-0.39, 0.29) is 23.2 Å². The number of benzene rings is 1. The normalized spacial score (nSPS) is 11.6. The average Bonchev–Trinajstić information content (AvgIpc) is 2.97. The molecule has 2 heterocycles. The van der Waals surface area contributed by atoms with Gasteiger partial charge < -0.3 is 14.4 Å². The lowest BCUT2D eigenvalue weighted by atomic mass is 10.00. The minimum absolute atomic E-state index is 0.0217. The van der Waals surface area contributed by atoms with Gasteiger partial charge in [0.15, 0.2) is 23.8 Å². The van der Waals surface area contributed by atoms with Crippen molar-refractivity contribution in [1.29, 1.82) is 0 Å². The number of halogens is 3. The number of ketones is 1. The minimum atomic E-state index is -4.64. The molecule has 1 N–H and O–H groups in total. The van der Waals surface area contributed by atoms with E-state index in [0.717, 1.165) is 0 Å².